The Morgan fingerprint density at radius 1 is 1.11 bits per heavy atom. The molecule has 0 bridgehead atoms. The van der Waals surface area contributed by atoms with E-state index in [2.05, 4.69) is 20.3 Å². The van der Waals surface area contributed by atoms with E-state index >= 15 is 0 Å². The monoisotopic (exact) mass is 523 g/mol. The number of hydrogen-bond donors (Lipinski definition) is 2. The van der Waals surface area contributed by atoms with E-state index in [1.807, 2.05) is 25.1 Å². The third-order valence-electron chi connectivity index (χ3n) is 5.27. The quantitative estimate of drug-likeness (QED) is 0.198. The van der Waals surface area contributed by atoms with E-state index < -0.39 is 8.03 Å². The lowest BCUT2D eigenvalue weighted by Crippen LogP contribution is -2.25. The molecule has 2 heterocycles. The third-order valence-corrected chi connectivity index (χ3v) is 6.05. The average molecular weight is 524 g/mol. The molecule has 0 aliphatic heterocycles. The van der Waals surface area contributed by atoms with Gasteiger partial charge in [0.2, 0.25) is 0 Å². The number of nitrogens with two attached hydrogens (primary N) is 1. The number of rotatable bonds is 13. The van der Waals surface area contributed by atoms with Crippen molar-refractivity contribution in [3.8, 4) is 11.5 Å². The Bertz CT molecular complexity index is 1350. The van der Waals surface area contributed by atoms with Crippen molar-refractivity contribution >= 4 is 30.9 Å². The van der Waals surface area contributed by atoms with E-state index in [4.69, 9.17) is 19.7 Å². The van der Waals surface area contributed by atoms with E-state index in [0.29, 0.717) is 60.2 Å². The van der Waals surface area contributed by atoms with Gasteiger partial charge in [0.05, 0.1) is 25.6 Å². The summed E-state index contributed by atoms with van der Waals surface area (Å²) >= 11 is 0. The van der Waals surface area contributed by atoms with Crippen molar-refractivity contribution < 1.29 is 23.4 Å². The molecule has 192 valence electrons. The predicted octanol–water partition coefficient (Wildman–Crippen LogP) is 3.79. The first-order valence-corrected chi connectivity index (χ1v) is 13.1. The summed E-state index contributed by atoms with van der Waals surface area (Å²) in [6.45, 7) is 3.20. The number of nitrogens with zero attached hydrogens (tertiary/aromatic N) is 4. The number of nitrogens with one attached hydrogen (secondary N) is 1. The van der Waals surface area contributed by atoms with E-state index in [1.165, 1.54) is 6.33 Å². The van der Waals surface area contributed by atoms with Gasteiger partial charge in [-0.15, -0.1) is 0 Å². The van der Waals surface area contributed by atoms with Gasteiger partial charge in [0.1, 0.15) is 17.6 Å². The summed E-state index contributed by atoms with van der Waals surface area (Å²) < 4.78 is 31.2. The van der Waals surface area contributed by atoms with E-state index in [0.717, 1.165) is 0 Å². The van der Waals surface area contributed by atoms with Crippen molar-refractivity contribution in [1.29, 1.82) is 0 Å². The Hall–Kier alpha value is -4.08. The molecule has 2 aromatic carbocycles. The van der Waals surface area contributed by atoms with Crippen LogP contribution in [0, 0.1) is 0 Å². The average Bonchev–Trinajstić information content (AvgIpc) is 3.32. The minimum Gasteiger partial charge on any atom is -0.493 e. The topological polar surface area (TPSA) is 143 Å². The maximum Gasteiger partial charge on any atom is 0.585 e. The number of benzene rings is 2. The summed E-state index contributed by atoms with van der Waals surface area (Å²) in [4.78, 5) is 24.4. The van der Waals surface area contributed by atoms with Crippen LogP contribution in [0.15, 0.2) is 67.3 Å². The lowest BCUT2D eigenvalue weighted by molar-refractivity contribution is 0.0852. The number of ether oxygens (including phenoxy) is 2. The van der Waals surface area contributed by atoms with Crippen LogP contribution >= 0.6 is 8.03 Å². The zero-order valence-corrected chi connectivity index (χ0v) is 21.2. The molecular formula is C25H28N6O5P+. The van der Waals surface area contributed by atoms with Gasteiger partial charge in [-0.25, -0.2) is 15.0 Å². The first kappa shape index (κ1) is 26.0. The molecule has 2 unspecified atom stereocenters. The molecule has 0 aliphatic rings. The molecule has 0 spiro atoms. The number of nitrogen functional groups attached to an aromatic ring is 1. The maximum atomic E-state index is 12.4. The molecule has 37 heavy (non-hydrogen) atoms. The molecule has 0 saturated carbocycles. The van der Waals surface area contributed by atoms with Gasteiger partial charge in [0.25, 0.3) is 12.3 Å². The first-order chi connectivity index (χ1) is 18.0. The van der Waals surface area contributed by atoms with Crippen LogP contribution in [0.25, 0.3) is 11.2 Å². The van der Waals surface area contributed by atoms with Gasteiger partial charge in [-0.2, -0.15) is 0 Å². The highest BCUT2D eigenvalue weighted by Crippen LogP contribution is 2.30. The van der Waals surface area contributed by atoms with Crippen LogP contribution in [0.5, 0.6) is 11.5 Å². The number of aromatic nitrogens is 4. The van der Waals surface area contributed by atoms with Crippen LogP contribution in [0.2, 0.25) is 0 Å². The van der Waals surface area contributed by atoms with Crippen molar-refractivity contribution in [3.63, 3.8) is 0 Å². The number of amides is 1. The van der Waals surface area contributed by atoms with Gasteiger partial charge in [-0.1, -0.05) is 24.3 Å². The van der Waals surface area contributed by atoms with Gasteiger partial charge in [-0.3, -0.25) is 9.32 Å². The Morgan fingerprint density at radius 3 is 2.76 bits per heavy atom. The fourth-order valence-corrected chi connectivity index (χ4v) is 4.25. The van der Waals surface area contributed by atoms with Crippen LogP contribution in [0.3, 0.4) is 0 Å². The fourth-order valence-electron chi connectivity index (χ4n) is 3.47. The molecule has 0 saturated heterocycles. The Morgan fingerprint density at radius 2 is 1.92 bits per heavy atom. The summed E-state index contributed by atoms with van der Waals surface area (Å²) in [7, 11) is -2.10. The van der Waals surface area contributed by atoms with Crippen LogP contribution in [-0.4, -0.2) is 51.0 Å². The lowest BCUT2D eigenvalue weighted by Gasteiger charge is -2.10. The fraction of sp³-hybridized carbons (Fsp3) is 0.280. The molecule has 1 amide bonds. The third kappa shape index (κ3) is 7.45. The highest BCUT2D eigenvalue weighted by atomic mass is 31.1. The second-order valence-electron chi connectivity index (χ2n) is 8.16. The minimum atomic E-state index is -2.10. The number of carbonyl (C=O) groups is 1. The second-order valence-corrected chi connectivity index (χ2v) is 9.26. The van der Waals surface area contributed by atoms with Crippen LogP contribution < -0.4 is 20.3 Å². The Labute approximate surface area is 214 Å². The summed E-state index contributed by atoms with van der Waals surface area (Å²) in [6.07, 6.45) is 3.29. The number of imidazole rings is 1. The summed E-state index contributed by atoms with van der Waals surface area (Å²) in [5.74, 6) is 1.20. The first-order valence-electron chi connectivity index (χ1n) is 11.7. The van der Waals surface area contributed by atoms with Crippen molar-refractivity contribution in [1.82, 2.24) is 24.8 Å². The van der Waals surface area contributed by atoms with Gasteiger partial charge in [0.15, 0.2) is 17.2 Å². The molecule has 12 heteroatoms. The molecule has 3 N–H and O–H groups in total. The van der Waals surface area contributed by atoms with Gasteiger partial charge in [0, 0.05) is 18.2 Å². The van der Waals surface area contributed by atoms with Crippen LogP contribution in [-0.2, 0) is 15.8 Å². The number of anilines is 1. The zero-order valence-electron chi connectivity index (χ0n) is 20.3. The number of hydrogen-bond acceptors (Lipinski definition) is 9. The Balaban J connectivity index is 1.16. The van der Waals surface area contributed by atoms with E-state index in [-0.39, 0.29) is 18.4 Å². The second kappa shape index (κ2) is 12.8. The zero-order chi connectivity index (χ0) is 26.0. The van der Waals surface area contributed by atoms with Crippen molar-refractivity contribution in [2.24, 2.45) is 0 Å². The minimum absolute atomic E-state index is 0.0769. The largest absolute Gasteiger partial charge is 0.585 e. The molecule has 11 nitrogen and oxygen atoms in total. The maximum absolute atomic E-state index is 12.4. The Kier molecular flexibility index (Phi) is 8.96. The van der Waals surface area contributed by atoms with Crippen molar-refractivity contribution in [2.75, 3.05) is 25.2 Å². The van der Waals surface area contributed by atoms with E-state index in [9.17, 15) is 9.36 Å². The van der Waals surface area contributed by atoms with Crippen LogP contribution in [0.1, 0.15) is 23.7 Å². The molecular weight excluding hydrogens is 495 g/mol. The molecule has 4 aromatic rings. The SMILES string of the molecule is CC(Cn1cnc2c(N)ncnc21)OC[P+](=O)Oc1cccc(OCCCNC(=O)c2ccccc2)c1. The normalized spacial score (nSPS) is 12.2. The number of carbonyl (C=O) groups excluding carboxylic acids is 1. The molecule has 0 aliphatic carbocycles. The lowest BCUT2D eigenvalue weighted by atomic mass is 10.2. The molecule has 0 fully saturated rings. The smallest absolute Gasteiger partial charge is 0.493 e. The summed E-state index contributed by atoms with van der Waals surface area (Å²) in [5, 5.41) is 2.86. The summed E-state index contributed by atoms with van der Waals surface area (Å²) in [6, 6.07) is 15.9. The van der Waals surface area contributed by atoms with Crippen LogP contribution in [0.4, 0.5) is 5.82 Å². The van der Waals surface area contributed by atoms with Gasteiger partial charge in [-0.05, 0) is 42.2 Å². The van der Waals surface area contributed by atoms with Gasteiger partial charge >= 0.3 is 8.03 Å². The van der Waals surface area contributed by atoms with Crippen molar-refractivity contribution in [2.45, 2.75) is 26.0 Å². The van der Waals surface area contributed by atoms with Crippen molar-refractivity contribution in [3.05, 3.63) is 72.8 Å². The van der Waals surface area contributed by atoms with E-state index in [1.54, 1.807) is 47.3 Å². The predicted molar refractivity (Wildman–Crippen MR) is 139 cm³/mol. The number of fused-ring (bicyclic) bond motifs is 1. The summed E-state index contributed by atoms with van der Waals surface area (Å²) in [5.41, 5.74) is 7.58. The molecule has 2 aromatic heterocycles. The molecule has 4 rings (SSSR count). The highest BCUT2D eigenvalue weighted by Gasteiger charge is 2.22. The standard InChI is InChI=1S/C25H27N6O5P/c1-18(14-31-16-30-22-23(26)28-15-29-24(22)31)35-17-37(33)36-21-10-5-9-20(13-21)34-12-6-11-27-25(32)19-7-3-2-4-8-19/h2-5,7-10,13,15-16,18H,6,11-12,14,17H2,1H3,(H2-,26,27,28,29,32)/p+1. The highest BCUT2D eigenvalue weighted by molar-refractivity contribution is 7.39. The molecule has 2 atom stereocenters. The van der Waals surface area contributed by atoms with Gasteiger partial charge < -0.3 is 25.1 Å². The molecule has 0 radical (unpaired) electrons.